The lowest BCUT2D eigenvalue weighted by molar-refractivity contribution is -0.143. The maximum Gasteiger partial charge on any atom is 0.305 e. The number of carbonyl (C=O) groups excluding carboxylic acids is 2. The molecule has 1 fully saturated rings. The van der Waals surface area contributed by atoms with Crippen LogP contribution in [0, 0.1) is 11.3 Å². The summed E-state index contributed by atoms with van der Waals surface area (Å²) in [6, 6.07) is 15.6. The number of nitrogens with zero attached hydrogens (tertiary/aromatic N) is 4. The van der Waals surface area contributed by atoms with Crippen LogP contribution in [0.15, 0.2) is 42.5 Å². The molecule has 0 bridgehead atoms. The van der Waals surface area contributed by atoms with E-state index in [1.54, 1.807) is 6.92 Å². The van der Waals surface area contributed by atoms with Gasteiger partial charge in [0.2, 0.25) is 5.91 Å². The monoisotopic (exact) mass is 458 g/mol. The van der Waals surface area contributed by atoms with Crippen LogP contribution in [0.4, 0.5) is 0 Å². The summed E-state index contributed by atoms with van der Waals surface area (Å²) in [6.45, 7) is 3.67. The van der Waals surface area contributed by atoms with Gasteiger partial charge in [-0.1, -0.05) is 18.2 Å². The third-order valence-corrected chi connectivity index (χ3v) is 6.50. The van der Waals surface area contributed by atoms with E-state index in [-0.39, 0.29) is 18.3 Å². The summed E-state index contributed by atoms with van der Waals surface area (Å²) in [4.78, 5) is 32.1. The van der Waals surface area contributed by atoms with Crippen molar-refractivity contribution in [1.82, 2.24) is 14.5 Å². The minimum atomic E-state index is -0.393. The van der Waals surface area contributed by atoms with Crippen LogP contribution in [0.2, 0.25) is 0 Å². The molecule has 0 radical (unpaired) electrons. The Morgan fingerprint density at radius 3 is 2.56 bits per heavy atom. The lowest BCUT2D eigenvalue weighted by atomic mass is 9.92. The van der Waals surface area contributed by atoms with E-state index < -0.39 is 5.92 Å². The van der Waals surface area contributed by atoms with Crippen molar-refractivity contribution in [3.63, 3.8) is 0 Å². The zero-order valence-electron chi connectivity index (χ0n) is 19.8. The molecule has 2 heterocycles. The molecule has 1 atom stereocenters. The second kappa shape index (κ2) is 10.5. The summed E-state index contributed by atoms with van der Waals surface area (Å²) >= 11 is 0. The minimum Gasteiger partial charge on any atom is -0.466 e. The molecule has 0 saturated carbocycles. The van der Waals surface area contributed by atoms with Crippen molar-refractivity contribution in [2.75, 3.05) is 19.7 Å². The first-order valence-corrected chi connectivity index (χ1v) is 11.9. The van der Waals surface area contributed by atoms with Crippen LogP contribution in [0.1, 0.15) is 61.0 Å². The Labute approximate surface area is 200 Å². The van der Waals surface area contributed by atoms with Crippen LogP contribution in [0.5, 0.6) is 0 Å². The van der Waals surface area contributed by atoms with Gasteiger partial charge in [0.25, 0.3) is 0 Å². The first-order chi connectivity index (χ1) is 16.5. The number of aryl methyl sites for hydroxylation is 1. The van der Waals surface area contributed by atoms with E-state index in [1.165, 1.54) is 0 Å². The zero-order valence-corrected chi connectivity index (χ0v) is 19.8. The number of carbonyl (C=O) groups is 2. The van der Waals surface area contributed by atoms with E-state index in [0.29, 0.717) is 25.0 Å². The standard InChI is InChI=1S/C27H30N4O3/c1-3-34-26(32)13-11-22(27(33)31-14-4-5-15-31)21-10-12-24-23(17-21)29-25(30(24)2)16-19-6-8-20(18-28)9-7-19/h6-10,12,17,22H,3-5,11,13-16H2,1-2H3. The van der Waals surface area contributed by atoms with Gasteiger partial charge in [0.1, 0.15) is 5.82 Å². The van der Waals surface area contributed by atoms with Gasteiger partial charge in [0.05, 0.1) is 35.2 Å². The van der Waals surface area contributed by atoms with Crippen LogP contribution in [-0.4, -0.2) is 46.0 Å². The molecular formula is C27H30N4O3. The van der Waals surface area contributed by atoms with E-state index in [2.05, 4.69) is 10.6 Å². The highest BCUT2D eigenvalue weighted by molar-refractivity contribution is 5.86. The van der Waals surface area contributed by atoms with Crippen molar-refractivity contribution in [3.8, 4) is 6.07 Å². The fourth-order valence-corrected chi connectivity index (χ4v) is 4.61. The number of fused-ring (bicyclic) bond motifs is 1. The molecule has 2 aromatic carbocycles. The Hall–Kier alpha value is -3.66. The maximum atomic E-state index is 13.3. The fourth-order valence-electron chi connectivity index (χ4n) is 4.61. The van der Waals surface area contributed by atoms with E-state index in [0.717, 1.165) is 53.9 Å². The normalized spacial score (nSPS) is 14.2. The first kappa shape index (κ1) is 23.5. The molecule has 3 aromatic rings. The molecule has 1 aliphatic heterocycles. The van der Waals surface area contributed by atoms with Crippen LogP contribution < -0.4 is 0 Å². The number of esters is 1. The van der Waals surface area contributed by atoms with Crippen molar-refractivity contribution in [3.05, 3.63) is 65.0 Å². The molecule has 0 aliphatic carbocycles. The van der Waals surface area contributed by atoms with Crippen molar-refractivity contribution >= 4 is 22.9 Å². The second-order valence-corrected chi connectivity index (χ2v) is 8.75. The number of hydrogen-bond acceptors (Lipinski definition) is 5. The molecule has 7 heteroatoms. The Morgan fingerprint density at radius 2 is 1.88 bits per heavy atom. The third kappa shape index (κ3) is 5.12. The van der Waals surface area contributed by atoms with Crippen LogP contribution in [0.3, 0.4) is 0 Å². The SMILES string of the molecule is CCOC(=O)CCC(C(=O)N1CCCC1)c1ccc2c(c1)nc(Cc1ccc(C#N)cc1)n2C. The Kier molecular flexibility index (Phi) is 7.27. The predicted octanol–water partition coefficient (Wildman–Crippen LogP) is 4.09. The van der Waals surface area contributed by atoms with Gasteiger partial charge in [0, 0.05) is 33.0 Å². The largest absolute Gasteiger partial charge is 0.466 e. The quantitative estimate of drug-likeness (QED) is 0.475. The number of aromatic nitrogens is 2. The number of benzene rings is 2. The van der Waals surface area contributed by atoms with Crippen molar-refractivity contribution in [1.29, 1.82) is 5.26 Å². The predicted molar refractivity (Wildman–Crippen MR) is 129 cm³/mol. The van der Waals surface area contributed by atoms with Gasteiger partial charge < -0.3 is 14.2 Å². The van der Waals surface area contributed by atoms with Gasteiger partial charge in [-0.25, -0.2) is 4.98 Å². The molecular weight excluding hydrogens is 428 g/mol. The molecule has 1 saturated heterocycles. The Morgan fingerprint density at radius 1 is 1.15 bits per heavy atom. The average Bonchev–Trinajstić information content (AvgIpc) is 3.48. The Balaban J connectivity index is 1.61. The summed E-state index contributed by atoms with van der Waals surface area (Å²) in [5.41, 5.74) is 4.42. The van der Waals surface area contributed by atoms with Gasteiger partial charge >= 0.3 is 5.97 Å². The third-order valence-electron chi connectivity index (χ3n) is 6.50. The lowest BCUT2D eigenvalue weighted by Crippen LogP contribution is -2.33. The fraction of sp³-hybridized carbons (Fsp3) is 0.407. The molecule has 1 amide bonds. The summed E-state index contributed by atoms with van der Waals surface area (Å²) in [7, 11) is 1.99. The highest BCUT2D eigenvalue weighted by atomic mass is 16.5. The molecule has 1 unspecified atom stereocenters. The topological polar surface area (TPSA) is 88.2 Å². The smallest absolute Gasteiger partial charge is 0.305 e. The molecule has 4 rings (SSSR count). The van der Waals surface area contributed by atoms with Crippen molar-refractivity contribution in [2.45, 2.75) is 44.9 Å². The maximum absolute atomic E-state index is 13.3. The van der Waals surface area contributed by atoms with Crippen LogP contribution in [-0.2, 0) is 27.8 Å². The van der Waals surface area contributed by atoms with Crippen LogP contribution in [0.25, 0.3) is 11.0 Å². The average molecular weight is 459 g/mol. The summed E-state index contributed by atoms with van der Waals surface area (Å²) < 4.78 is 7.16. The van der Waals surface area contributed by atoms with Crippen LogP contribution >= 0.6 is 0 Å². The van der Waals surface area contributed by atoms with Gasteiger partial charge in [-0.15, -0.1) is 0 Å². The number of nitriles is 1. The lowest BCUT2D eigenvalue weighted by Gasteiger charge is -2.23. The number of ether oxygens (including phenoxy) is 1. The molecule has 1 aromatic heterocycles. The molecule has 176 valence electrons. The number of hydrogen-bond donors (Lipinski definition) is 0. The van der Waals surface area contributed by atoms with Gasteiger partial charge in [-0.2, -0.15) is 5.26 Å². The second-order valence-electron chi connectivity index (χ2n) is 8.75. The number of likely N-dealkylation sites (tertiary alicyclic amines) is 1. The molecule has 0 N–H and O–H groups in total. The van der Waals surface area contributed by atoms with E-state index in [9.17, 15) is 9.59 Å². The summed E-state index contributed by atoms with van der Waals surface area (Å²) in [5.74, 6) is 0.321. The van der Waals surface area contributed by atoms with E-state index in [1.807, 2.05) is 54.4 Å². The molecule has 1 aliphatic rings. The van der Waals surface area contributed by atoms with E-state index >= 15 is 0 Å². The highest BCUT2D eigenvalue weighted by Crippen LogP contribution is 2.29. The minimum absolute atomic E-state index is 0.0786. The zero-order chi connectivity index (χ0) is 24.1. The highest BCUT2D eigenvalue weighted by Gasteiger charge is 2.29. The number of imidazole rings is 1. The first-order valence-electron chi connectivity index (χ1n) is 11.9. The molecule has 0 spiro atoms. The summed E-state index contributed by atoms with van der Waals surface area (Å²) in [6.07, 6.45) is 3.32. The Bertz CT molecular complexity index is 1220. The number of amides is 1. The molecule has 7 nitrogen and oxygen atoms in total. The van der Waals surface area contributed by atoms with Crippen molar-refractivity contribution < 1.29 is 14.3 Å². The van der Waals surface area contributed by atoms with E-state index in [4.69, 9.17) is 15.0 Å². The van der Waals surface area contributed by atoms with Gasteiger partial charge in [-0.05, 0) is 61.6 Å². The van der Waals surface area contributed by atoms with Gasteiger partial charge in [-0.3, -0.25) is 9.59 Å². The van der Waals surface area contributed by atoms with Crippen molar-refractivity contribution in [2.24, 2.45) is 7.05 Å². The number of rotatable bonds is 8. The summed E-state index contributed by atoms with van der Waals surface area (Å²) in [5, 5.41) is 9.01. The molecule has 34 heavy (non-hydrogen) atoms. The van der Waals surface area contributed by atoms with Gasteiger partial charge in [0.15, 0.2) is 0 Å².